The zero-order valence-corrected chi connectivity index (χ0v) is 12.7. The van der Waals surface area contributed by atoms with E-state index in [1.54, 1.807) is 7.05 Å². The molecule has 1 aliphatic heterocycles. The third-order valence-corrected chi connectivity index (χ3v) is 6.11. The van der Waals surface area contributed by atoms with E-state index in [0.29, 0.717) is 13.1 Å². The summed E-state index contributed by atoms with van der Waals surface area (Å²) in [5.41, 5.74) is 5.74. The molecule has 0 radical (unpaired) electrons. The number of nitrogens with zero attached hydrogens (tertiary/aromatic N) is 3. The Morgan fingerprint density at radius 2 is 2.26 bits per heavy atom. The van der Waals surface area contributed by atoms with E-state index in [1.807, 2.05) is 6.92 Å². The first-order valence-electron chi connectivity index (χ1n) is 6.28. The Balaban J connectivity index is 2.41. The van der Waals surface area contributed by atoms with Crippen LogP contribution >= 0.6 is 11.6 Å². The van der Waals surface area contributed by atoms with E-state index >= 15 is 0 Å². The molecular formula is C11H19ClN4O2S. The van der Waals surface area contributed by atoms with E-state index in [2.05, 4.69) is 4.98 Å². The van der Waals surface area contributed by atoms with Gasteiger partial charge in [-0.15, -0.1) is 0 Å². The molecule has 19 heavy (non-hydrogen) atoms. The number of halogens is 1. The van der Waals surface area contributed by atoms with Crippen LogP contribution in [-0.4, -0.2) is 41.4 Å². The summed E-state index contributed by atoms with van der Waals surface area (Å²) >= 11 is 6.00. The number of aryl methyl sites for hydroxylation is 1. The molecule has 0 unspecified atom stereocenters. The lowest BCUT2D eigenvalue weighted by atomic mass is 9.93. The van der Waals surface area contributed by atoms with Crippen LogP contribution in [0.5, 0.6) is 0 Å². The zero-order valence-electron chi connectivity index (χ0n) is 11.1. The second kappa shape index (κ2) is 5.40. The highest BCUT2D eigenvalue weighted by atomic mass is 35.5. The first kappa shape index (κ1) is 14.8. The van der Waals surface area contributed by atoms with Crippen molar-refractivity contribution in [3.63, 3.8) is 0 Å². The van der Waals surface area contributed by atoms with Crippen molar-refractivity contribution in [2.24, 2.45) is 18.7 Å². The summed E-state index contributed by atoms with van der Waals surface area (Å²) in [6.07, 6.45) is 3.23. The molecule has 8 heteroatoms. The van der Waals surface area contributed by atoms with Crippen LogP contribution in [0.1, 0.15) is 19.8 Å². The summed E-state index contributed by atoms with van der Waals surface area (Å²) in [5.74, 6) is 0.246. The predicted molar refractivity (Wildman–Crippen MR) is 73.4 cm³/mol. The van der Waals surface area contributed by atoms with Gasteiger partial charge < -0.3 is 10.3 Å². The Kier molecular flexibility index (Phi) is 4.20. The Morgan fingerprint density at radius 1 is 1.58 bits per heavy atom. The van der Waals surface area contributed by atoms with Crippen LogP contribution in [0.25, 0.3) is 0 Å². The minimum Gasteiger partial charge on any atom is -0.329 e. The molecule has 2 N–H and O–H groups in total. The van der Waals surface area contributed by atoms with Crippen LogP contribution in [-0.2, 0) is 17.1 Å². The Labute approximate surface area is 118 Å². The molecule has 0 aliphatic carbocycles. The molecule has 0 amide bonds. The lowest BCUT2D eigenvalue weighted by Gasteiger charge is -2.37. The van der Waals surface area contributed by atoms with E-state index < -0.39 is 10.0 Å². The first-order valence-corrected chi connectivity index (χ1v) is 8.10. The predicted octanol–water partition coefficient (Wildman–Crippen LogP) is 0.821. The van der Waals surface area contributed by atoms with E-state index in [-0.39, 0.29) is 22.1 Å². The summed E-state index contributed by atoms with van der Waals surface area (Å²) in [7, 11) is -2.02. The van der Waals surface area contributed by atoms with Gasteiger partial charge in [-0.3, -0.25) is 0 Å². The third kappa shape index (κ3) is 2.52. The van der Waals surface area contributed by atoms with Crippen molar-refractivity contribution in [3.05, 3.63) is 11.5 Å². The Bertz CT molecular complexity index is 557. The van der Waals surface area contributed by atoms with E-state index in [9.17, 15) is 8.42 Å². The van der Waals surface area contributed by atoms with Crippen molar-refractivity contribution in [2.75, 3.05) is 13.1 Å². The fourth-order valence-electron chi connectivity index (χ4n) is 2.54. The maximum absolute atomic E-state index is 12.6. The van der Waals surface area contributed by atoms with Crippen LogP contribution in [0.15, 0.2) is 11.4 Å². The van der Waals surface area contributed by atoms with E-state index in [4.69, 9.17) is 17.3 Å². The smallest absolute Gasteiger partial charge is 0.263 e. The fraction of sp³-hybridized carbons (Fsp3) is 0.727. The molecule has 1 fully saturated rings. The van der Waals surface area contributed by atoms with Crippen LogP contribution in [0.2, 0.25) is 5.15 Å². The SMILES string of the molecule is C[C@H]1CCCN(S(=O)(=O)c2ncn(C)c2Cl)[C@@H]1CN. The van der Waals surface area contributed by atoms with Gasteiger partial charge >= 0.3 is 0 Å². The van der Waals surface area contributed by atoms with Crippen LogP contribution in [0, 0.1) is 5.92 Å². The average Bonchev–Trinajstić information content (AvgIpc) is 2.70. The molecule has 0 bridgehead atoms. The second-order valence-corrected chi connectivity index (χ2v) is 7.15. The maximum atomic E-state index is 12.6. The van der Waals surface area contributed by atoms with Gasteiger partial charge in [-0.1, -0.05) is 18.5 Å². The van der Waals surface area contributed by atoms with Gasteiger partial charge in [0.25, 0.3) is 10.0 Å². The van der Waals surface area contributed by atoms with Crippen LogP contribution < -0.4 is 5.73 Å². The minimum absolute atomic E-state index is 0.0794. The number of sulfonamides is 1. The fourth-order valence-corrected chi connectivity index (χ4v) is 4.70. The molecule has 6 nitrogen and oxygen atoms in total. The minimum atomic E-state index is -3.68. The molecule has 1 aromatic rings. The lowest BCUT2D eigenvalue weighted by Crippen LogP contribution is -2.51. The molecule has 1 saturated heterocycles. The van der Waals surface area contributed by atoms with Gasteiger partial charge in [-0.25, -0.2) is 13.4 Å². The highest BCUT2D eigenvalue weighted by molar-refractivity contribution is 7.89. The summed E-state index contributed by atoms with van der Waals surface area (Å²) in [6, 6.07) is -0.183. The van der Waals surface area contributed by atoms with Gasteiger partial charge in [0, 0.05) is 26.2 Å². The summed E-state index contributed by atoms with van der Waals surface area (Å²) < 4.78 is 28.2. The van der Waals surface area contributed by atoms with Crippen molar-refractivity contribution < 1.29 is 8.42 Å². The van der Waals surface area contributed by atoms with E-state index in [1.165, 1.54) is 15.2 Å². The van der Waals surface area contributed by atoms with Gasteiger partial charge in [0.1, 0.15) is 5.15 Å². The number of hydrogen-bond acceptors (Lipinski definition) is 4. The molecule has 2 atom stereocenters. The number of rotatable bonds is 3. The van der Waals surface area contributed by atoms with Crippen LogP contribution in [0.3, 0.4) is 0 Å². The number of aromatic nitrogens is 2. The molecule has 108 valence electrons. The Morgan fingerprint density at radius 3 is 2.79 bits per heavy atom. The standard InChI is InChI=1S/C11H19ClN4O2S/c1-8-4-3-5-16(9(8)6-13)19(17,18)11-10(12)15(2)7-14-11/h7-9H,3-6,13H2,1-2H3/t8-,9+/m0/s1. The molecule has 2 heterocycles. The maximum Gasteiger partial charge on any atom is 0.263 e. The molecule has 0 spiro atoms. The second-order valence-electron chi connectivity index (χ2n) is 4.99. The molecular weight excluding hydrogens is 288 g/mol. The normalized spacial score (nSPS) is 25.7. The number of nitrogens with two attached hydrogens (primary N) is 1. The number of piperidine rings is 1. The first-order chi connectivity index (χ1) is 8.89. The summed E-state index contributed by atoms with van der Waals surface area (Å²) in [6.45, 7) is 2.81. The highest BCUT2D eigenvalue weighted by Crippen LogP contribution is 2.30. The largest absolute Gasteiger partial charge is 0.329 e. The quantitative estimate of drug-likeness (QED) is 0.896. The van der Waals surface area contributed by atoms with Crippen LogP contribution in [0.4, 0.5) is 0 Å². The lowest BCUT2D eigenvalue weighted by molar-refractivity contribution is 0.192. The average molecular weight is 307 g/mol. The number of hydrogen-bond donors (Lipinski definition) is 1. The van der Waals surface area contributed by atoms with Gasteiger partial charge in [-0.2, -0.15) is 4.31 Å². The monoisotopic (exact) mass is 306 g/mol. The summed E-state index contributed by atoms with van der Waals surface area (Å²) in [4.78, 5) is 3.92. The molecule has 0 saturated carbocycles. The van der Waals surface area contributed by atoms with Crippen molar-refractivity contribution in [2.45, 2.75) is 30.8 Å². The van der Waals surface area contributed by atoms with Crippen molar-refractivity contribution in [1.29, 1.82) is 0 Å². The topological polar surface area (TPSA) is 81.2 Å². The molecule has 2 rings (SSSR count). The molecule has 1 aromatic heterocycles. The van der Waals surface area contributed by atoms with Gasteiger partial charge in [0.15, 0.2) is 0 Å². The highest BCUT2D eigenvalue weighted by Gasteiger charge is 2.38. The number of imidazole rings is 1. The van der Waals surface area contributed by atoms with E-state index in [0.717, 1.165) is 12.8 Å². The van der Waals surface area contributed by atoms with Gasteiger partial charge in [0.05, 0.1) is 6.33 Å². The molecule has 1 aliphatic rings. The van der Waals surface area contributed by atoms with Crippen molar-refractivity contribution in [1.82, 2.24) is 13.9 Å². The third-order valence-electron chi connectivity index (χ3n) is 3.69. The van der Waals surface area contributed by atoms with Crippen molar-refractivity contribution in [3.8, 4) is 0 Å². The van der Waals surface area contributed by atoms with Gasteiger partial charge in [-0.05, 0) is 18.8 Å². The zero-order chi connectivity index (χ0) is 14.2. The van der Waals surface area contributed by atoms with Crippen molar-refractivity contribution >= 4 is 21.6 Å². The Hall–Kier alpha value is -0.630. The molecule has 0 aromatic carbocycles. The van der Waals surface area contributed by atoms with Gasteiger partial charge in [0.2, 0.25) is 5.03 Å². The summed E-state index contributed by atoms with van der Waals surface area (Å²) in [5, 5.41) is 0.0539.